The van der Waals surface area contributed by atoms with Gasteiger partial charge in [-0.25, -0.2) is 4.39 Å². The summed E-state index contributed by atoms with van der Waals surface area (Å²) in [6.45, 7) is 0. The largest absolute Gasteiger partial charge is 0.508 e. The first-order chi connectivity index (χ1) is 8.54. The van der Waals surface area contributed by atoms with Gasteiger partial charge in [0.25, 0.3) is 5.69 Å². The molecule has 0 unspecified atom stereocenters. The fourth-order valence-electron chi connectivity index (χ4n) is 1.36. The number of aromatic hydroxyl groups is 1. The van der Waals surface area contributed by atoms with E-state index in [1.165, 1.54) is 36.0 Å². The number of nitro benzene ring substituents is 1. The molecular weight excluding hydrogens is 257 g/mol. The number of benzene rings is 2. The van der Waals surface area contributed by atoms with E-state index < -0.39 is 10.7 Å². The SMILES string of the molecule is O=[N+]([O-])c1cc(F)cc(Sc2ccc(O)cc2)c1. The Balaban J connectivity index is 2.28. The Bertz CT molecular complexity index is 586. The third kappa shape index (κ3) is 2.98. The minimum atomic E-state index is -0.648. The third-order valence-electron chi connectivity index (χ3n) is 2.14. The number of phenols is 1. The Morgan fingerprint density at radius 2 is 1.78 bits per heavy atom. The molecule has 92 valence electrons. The highest BCUT2D eigenvalue weighted by atomic mass is 32.2. The van der Waals surface area contributed by atoms with Crippen molar-refractivity contribution in [2.75, 3.05) is 0 Å². The Kier molecular flexibility index (Phi) is 3.47. The smallest absolute Gasteiger partial charge is 0.273 e. The number of nitro groups is 1. The zero-order valence-corrected chi connectivity index (χ0v) is 9.86. The van der Waals surface area contributed by atoms with Gasteiger partial charge < -0.3 is 5.11 Å². The number of hydrogen-bond acceptors (Lipinski definition) is 4. The molecule has 0 fully saturated rings. The third-order valence-corrected chi connectivity index (χ3v) is 3.12. The standard InChI is InChI=1S/C12H8FNO3S/c13-8-5-9(14(16)17)7-12(6-8)18-11-3-1-10(15)2-4-11/h1-7,15H. The van der Waals surface area contributed by atoms with Crippen molar-refractivity contribution in [3.8, 4) is 5.75 Å². The number of halogens is 1. The van der Waals surface area contributed by atoms with Crippen LogP contribution in [0.1, 0.15) is 0 Å². The summed E-state index contributed by atoms with van der Waals surface area (Å²) in [5.41, 5.74) is -0.281. The van der Waals surface area contributed by atoms with Gasteiger partial charge in [-0.1, -0.05) is 11.8 Å². The second-order valence-electron chi connectivity index (χ2n) is 3.50. The number of phenolic OH excluding ortho intramolecular Hbond substituents is 1. The van der Waals surface area contributed by atoms with E-state index in [4.69, 9.17) is 5.11 Å². The quantitative estimate of drug-likeness (QED) is 0.680. The van der Waals surface area contributed by atoms with Crippen molar-refractivity contribution >= 4 is 17.4 Å². The summed E-state index contributed by atoms with van der Waals surface area (Å²) in [6.07, 6.45) is 0. The number of rotatable bonds is 3. The van der Waals surface area contributed by atoms with Gasteiger partial charge in [0, 0.05) is 15.9 Å². The van der Waals surface area contributed by atoms with E-state index in [-0.39, 0.29) is 11.4 Å². The van der Waals surface area contributed by atoms with Gasteiger partial charge >= 0.3 is 0 Å². The van der Waals surface area contributed by atoms with Crippen LogP contribution in [-0.2, 0) is 0 Å². The highest BCUT2D eigenvalue weighted by Gasteiger charge is 2.10. The van der Waals surface area contributed by atoms with Gasteiger partial charge in [-0.15, -0.1) is 0 Å². The molecule has 2 aromatic rings. The second-order valence-corrected chi connectivity index (χ2v) is 4.65. The van der Waals surface area contributed by atoms with Crippen LogP contribution in [0.4, 0.5) is 10.1 Å². The maximum absolute atomic E-state index is 13.2. The van der Waals surface area contributed by atoms with E-state index in [0.717, 1.165) is 11.0 Å². The van der Waals surface area contributed by atoms with Crippen molar-refractivity contribution in [3.05, 3.63) is 58.4 Å². The molecule has 0 atom stereocenters. The maximum atomic E-state index is 13.2. The summed E-state index contributed by atoms with van der Waals surface area (Å²) < 4.78 is 13.2. The van der Waals surface area contributed by atoms with E-state index in [1.807, 2.05) is 0 Å². The highest BCUT2D eigenvalue weighted by Crippen LogP contribution is 2.31. The van der Waals surface area contributed by atoms with Crippen LogP contribution in [0.3, 0.4) is 0 Å². The van der Waals surface area contributed by atoms with Crippen molar-refractivity contribution in [1.82, 2.24) is 0 Å². The number of non-ortho nitro benzene ring substituents is 1. The van der Waals surface area contributed by atoms with Crippen LogP contribution < -0.4 is 0 Å². The van der Waals surface area contributed by atoms with Gasteiger partial charge in [0.05, 0.1) is 11.0 Å². The predicted molar refractivity (Wildman–Crippen MR) is 65.3 cm³/mol. The van der Waals surface area contributed by atoms with E-state index in [9.17, 15) is 14.5 Å². The van der Waals surface area contributed by atoms with Crippen molar-refractivity contribution in [1.29, 1.82) is 0 Å². The molecular formula is C12H8FNO3S. The van der Waals surface area contributed by atoms with Crippen molar-refractivity contribution in [2.45, 2.75) is 9.79 Å². The van der Waals surface area contributed by atoms with Crippen LogP contribution in [0, 0.1) is 15.9 Å². The Morgan fingerprint density at radius 1 is 1.11 bits per heavy atom. The van der Waals surface area contributed by atoms with E-state index in [1.54, 1.807) is 12.1 Å². The first-order valence-electron chi connectivity index (χ1n) is 4.96. The van der Waals surface area contributed by atoms with Crippen LogP contribution in [0.15, 0.2) is 52.3 Å². The van der Waals surface area contributed by atoms with Crippen molar-refractivity contribution < 1.29 is 14.4 Å². The zero-order valence-electron chi connectivity index (χ0n) is 9.04. The van der Waals surface area contributed by atoms with E-state index in [0.29, 0.717) is 4.90 Å². The molecule has 0 aliphatic carbocycles. The first kappa shape index (κ1) is 12.4. The predicted octanol–water partition coefficient (Wildman–Crippen LogP) is 3.59. The molecule has 0 saturated carbocycles. The average molecular weight is 265 g/mol. The average Bonchev–Trinajstić information content (AvgIpc) is 2.31. The lowest BCUT2D eigenvalue weighted by Gasteiger charge is -2.02. The van der Waals surface area contributed by atoms with Crippen molar-refractivity contribution in [3.63, 3.8) is 0 Å². The topological polar surface area (TPSA) is 63.4 Å². The molecule has 0 spiro atoms. The molecule has 2 aromatic carbocycles. The molecule has 0 aliphatic rings. The Morgan fingerprint density at radius 3 is 2.39 bits per heavy atom. The number of nitrogens with zero attached hydrogens (tertiary/aromatic N) is 1. The molecule has 0 aliphatic heterocycles. The fourth-order valence-corrected chi connectivity index (χ4v) is 2.26. The summed E-state index contributed by atoms with van der Waals surface area (Å²) in [7, 11) is 0. The van der Waals surface area contributed by atoms with Gasteiger partial charge in [-0.3, -0.25) is 10.1 Å². The molecule has 0 saturated heterocycles. The van der Waals surface area contributed by atoms with Gasteiger partial charge in [0.15, 0.2) is 0 Å². The first-order valence-corrected chi connectivity index (χ1v) is 5.78. The molecule has 18 heavy (non-hydrogen) atoms. The molecule has 2 rings (SSSR count). The molecule has 0 radical (unpaired) electrons. The van der Waals surface area contributed by atoms with Crippen LogP contribution >= 0.6 is 11.8 Å². The lowest BCUT2D eigenvalue weighted by molar-refractivity contribution is -0.385. The summed E-state index contributed by atoms with van der Waals surface area (Å²) >= 11 is 1.19. The molecule has 6 heteroatoms. The lowest BCUT2D eigenvalue weighted by Crippen LogP contribution is -1.89. The maximum Gasteiger partial charge on any atom is 0.273 e. The molecule has 0 heterocycles. The second kappa shape index (κ2) is 5.05. The molecule has 0 amide bonds. The van der Waals surface area contributed by atoms with Crippen LogP contribution in [0.5, 0.6) is 5.75 Å². The van der Waals surface area contributed by atoms with Crippen LogP contribution in [0.2, 0.25) is 0 Å². The van der Waals surface area contributed by atoms with E-state index in [2.05, 4.69) is 0 Å². The lowest BCUT2D eigenvalue weighted by atomic mass is 10.3. The number of hydrogen-bond donors (Lipinski definition) is 1. The van der Waals surface area contributed by atoms with Gasteiger partial charge in [-0.2, -0.15) is 0 Å². The summed E-state index contributed by atoms with van der Waals surface area (Å²) in [5, 5.41) is 19.7. The zero-order chi connectivity index (χ0) is 13.1. The summed E-state index contributed by atoms with van der Waals surface area (Å²) in [5.74, 6) is -0.518. The Hall–Kier alpha value is -2.08. The Labute approximate surface area is 106 Å². The summed E-state index contributed by atoms with van der Waals surface area (Å²) in [6, 6.07) is 9.70. The van der Waals surface area contributed by atoms with Gasteiger partial charge in [0.2, 0.25) is 0 Å². The summed E-state index contributed by atoms with van der Waals surface area (Å²) in [4.78, 5) is 11.2. The van der Waals surface area contributed by atoms with Gasteiger partial charge in [0.1, 0.15) is 11.6 Å². The molecule has 4 nitrogen and oxygen atoms in total. The highest BCUT2D eigenvalue weighted by molar-refractivity contribution is 7.99. The monoisotopic (exact) mass is 265 g/mol. The van der Waals surface area contributed by atoms with Gasteiger partial charge in [-0.05, 0) is 30.3 Å². The minimum Gasteiger partial charge on any atom is -0.508 e. The normalized spacial score (nSPS) is 10.3. The molecule has 0 bridgehead atoms. The molecule has 0 aromatic heterocycles. The molecule has 1 N–H and O–H groups in total. The van der Waals surface area contributed by atoms with E-state index >= 15 is 0 Å². The minimum absolute atomic E-state index is 0.129. The van der Waals surface area contributed by atoms with Crippen LogP contribution in [0.25, 0.3) is 0 Å². The van der Waals surface area contributed by atoms with Crippen LogP contribution in [-0.4, -0.2) is 10.0 Å². The van der Waals surface area contributed by atoms with Crippen molar-refractivity contribution in [2.24, 2.45) is 0 Å². The fraction of sp³-hybridized carbons (Fsp3) is 0.